The van der Waals surface area contributed by atoms with Crippen LogP contribution in [0.15, 0.2) is 24.3 Å². The van der Waals surface area contributed by atoms with Crippen LogP contribution in [0, 0.1) is 12.3 Å². The first-order valence-corrected chi connectivity index (χ1v) is 8.61. The van der Waals surface area contributed by atoms with Gasteiger partial charge in [0.25, 0.3) is 0 Å². The zero-order chi connectivity index (χ0) is 17.8. The van der Waals surface area contributed by atoms with Gasteiger partial charge in [-0.3, -0.25) is 0 Å². The lowest BCUT2D eigenvalue weighted by atomic mass is 9.82. The van der Waals surface area contributed by atoms with E-state index >= 15 is 0 Å². The standard InChI is InChI=1S/C19H30N2O3/c1-14-6-5-7-15(12-14)16(18(2,3)4)21-17(22)20-13-19(23)8-10-24-11-9-19/h5-7,12,16,23H,8-11,13H2,1-4H3,(H2,20,21,22). The predicted molar refractivity (Wildman–Crippen MR) is 94.9 cm³/mol. The van der Waals surface area contributed by atoms with Gasteiger partial charge in [0.1, 0.15) is 0 Å². The van der Waals surface area contributed by atoms with Crippen molar-refractivity contribution in [2.45, 2.75) is 52.2 Å². The van der Waals surface area contributed by atoms with Gasteiger partial charge in [-0.2, -0.15) is 0 Å². The van der Waals surface area contributed by atoms with Gasteiger partial charge in [0.15, 0.2) is 0 Å². The van der Waals surface area contributed by atoms with Crippen molar-refractivity contribution in [3.8, 4) is 0 Å². The molecule has 24 heavy (non-hydrogen) atoms. The second-order valence-corrected chi connectivity index (χ2v) is 7.88. The monoisotopic (exact) mass is 334 g/mol. The molecular formula is C19H30N2O3. The highest BCUT2D eigenvalue weighted by atomic mass is 16.5. The summed E-state index contributed by atoms with van der Waals surface area (Å²) in [5, 5.41) is 16.3. The second kappa shape index (κ2) is 7.53. The number of benzene rings is 1. The van der Waals surface area contributed by atoms with E-state index in [1.807, 2.05) is 25.1 Å². The molecule has 0 spiro atoms. The second-order valence-electron chi connectivity index (χ2n) is 7.88. The van der Waals surface area contributed by atoms with Crippen LogP contribution in [0.4, 0.5) is 4.79 Å². The van der Waals surface area contributed by atoms with E-state index in [2.05, 4.69) is 37.5 Å². The van der Waals surface area contributed by atoms with Crippen LogP contribution in [0.2, 0.25) is 0 Å². The summed E-state index contributed by atoms with van der Waals surface area (Å²) < 4.78 is 5.26. The highest BCUT2D eigenvalue weighted by Crippen LogP contribution is 2.33. The fourth-order valence-electron chi connectivity index (χ4n) is 3.00. The van der Waals surface area contributed by atoms with E-state index in [-0.39, 0.29) is 24.0 Å². The van der Waals surface area contributed by atoms with Crippen molar-refractivity contribution in [1.82, 2.24) is 10.6 Å². The first-order chi connectivity index (χ1) is 11.2. The number of ether oxygens (including phenoxy) is 1. The van der Waals surface area contributed by atoms with Crippen LogP contribution in [-0.2, 0) is 4.74 Å². The normalized spacial score (nSPS) is 18.7. The van der Waals surface area contributed by atoms with E-state index < -0.39 is 5.60 Å². The molecule has 0 radical (unpaired) electrons. The summed E-state index contributed by atoms with van der Waals surface area (Å²) in [6.07, 6.45) is 1.10. The minimum absolute atomic E-state index is 0.110. The maximum Gasteiger partial charge on any atom is 0.315 e. The molecule has 2 rings (SSSR count). The van der Waals surface area contributed by atoms with Gasteiger partial charge in [0, 0.05) is 32.6 Å². The van der Waals surface area contributed by atoms with Crippen molar-refractivity contribution >= 4 is 6.03 Å². The molecule has 0 aliphatic carbocycles. The summed E-state index contributed by atoms with van der Waals surface area (Å²) in [6, 6.07) is 7.83. The third kappa shape index (κ3) is 5.21. The van der Waals surface area contributed by atoms with Crippen LogP contribution in [0.1, 0.15) is 50.8 Å². The summed E-state index contributed by atoms with van der Waals surface area (Å²) in [7, 11) is 0. The molecule has 1 aliphatic rings. The topological polar surface area (TPSA) is 70.6 Å². The summed E-state index contributed by atoms with van der Waals surface area (Å²) in [6.45, 7) is 9.67. The van der Waals surface area contributed by atoms with Crippen LogP contribution < -0.4 is 10.6 Å². The number of aliphatic hydroxyl groups is 1. The Bertz CT molecular complexity index is 560. The summed E-state index contributed by atoms with van der Waals surface area (Å²) in [4.78, 5) is 12.4. The minimum atomic E-state index is -0.865. The summed E-state index contributed by atoms with van der Waals surface area (Å²) in [5.41, 5.74) is 1.26. The van der Waals surface area contributed by atoms with Crippen molar-refractivity contribution in [3.05, 3.63) is 35.4 Å². The number of nitrogens with one attached hydrogen (secondary N) is 2. The molecule has 0 bridgehead atoms. The van der Waals surface area contributed by atoms with E-state index in [1.54, 1.807) is 0 Å². The Morgan fingerprint density at radius 2 is 2.00 bits per heavy atom. The molecular weight excluding hydrogens is 304 g/mol. The van der Waals surface area contributed by atoms with Crippen LogP contribution >= 0.6 is 0 Å². The Kier molecular flexibility index (Phi) is 5.88. The van der Waals surface area contributed by atoms with Crippen LogP contribution in [0.5, 0.6) is 0 Å². The van der Waals surface area contributed by atoms with Gasteiger partial charge >= 0.3 is 6.03 Å². The molecule has 2 amide bonds. The molecule has 0 aromatic heterocycles. The molecule has 1 aliphatic heterocycles. The van der Waals surface area contributed by atoms with Gasteiger partial charge in [-0.1, -0.05) is 50.6 Å². The van der Waals surface area contributed by atoms with Crippen LogP contribution in [0.3, 0.4) is 0 Å². The lowest BCUT2D eigenvalue weighted by Gasteiger charge is -2.34. The Labute approximate surface area is 144 Å². The summed E-state index contributed by atoms with van der Waals surface area (Å²) in [5.74, 6) is 0. The molecule has 1 heterocycles. The Morgan fingerprint density at radius 3 is 2.58 bits per heavy atom. The van der Waals surface area contributed by atoms with Crippen molar-refractivity contribution in [3.63, 3.8) is 0 Å². The van der Waals surface area contributed by atoms with E-state index in [0.29, 0.717) is 26.1 Å². The van der Waals surface area contributed by atoms with E-state index in [9.17, 15) is 9.90 Å². The van der Waals surface area contributed by atoms with Crippen LogP contribution in [-0.4, -0.2) is 36.5 Å². The maximum atomic E-state index is 12.4. The predicted octanol–water partition coefficient (Wildman–Crippen LogP) is 2.92. The van der Waals surface area contributed by atoms with Crippen molar-refractivity contribution in [1.29, 1.82) is 0 Å². The van der Waals surface area contributed by atoms with Gasteiger partial charge in [0.2, 0.25) is 0 Å². The first-order valence-electron chi connectivity index (χ1n) is 8.61. The number of hydrogen-bond acceptors (Lipinski definition) is 3. The molecule has 1 aromatic carbocycles. The van der Waals surface area contributed by atoms with E-state index in [4.69, 9.17) is 4.74 Å². The minimum Gasteiger partial charge on any atom is -0.388 e. The molecule has 1 aromatic rings. The average molecular weight is 334 g/mol. The SMILES string of the molecule is Cc1cccc(C(NC(=O)NCC2(O)CCOCC2)C(C)(C)C)c1. The molecule has 5 heteroatoms. The third-order valence-corrected chi connectivity index (χ3v) is 4.52. The first kappa shape index (κ1) is 18.7. The molecule has 1 atom stereocenters. The molecule has 1 fully saturated rings. The Morgan fingerprint density at radius 1 is 1.33 bits per heavy atom. The van der Waals surface area contributed by atoms with Gasteiger partial charge in [-0.05, 0) is 17.9 Å². The smallest absolute Gasteiger partial charge is 0.315 e. The molecule has 1 unspecified atom stereocenters. The highest BCUT2D eigenvalue weighted by molar-refractivity contribution is 5.74. The number of urea groups is 1. The zero-order valence-electron chi connectivity index (χ0n) is 15.2. The van der Waals surface area contributed by atoms with Gasteiger partial charge < -0.3 is 20.5 Å². The fraction of sp³-hybridized carbons (Fsp3) is 0.632. The molecule has 134 valence electrons. The number of hydrogen-bond donors (Lipinski definition) is 3. The van der Waals surface area contributed by atoms with Gasteiger partial charge in [-0.15, -0.1) is 0 Å². The van der Waals surface area contributed by atoms with Gasteiger partial charge in [-0.25, -0.2) is 4.79 Å². The molecule has 5 nitrogen and oxygen atoms in total. The largest absolute Gasteiger partial charge is 0.388 e. The molecule has 3 N–H and O–H groups in total. The fourth-order valence-corrected chi connectivity index (χ4v) is 3.00. The molecule has 1 saturated heterocycles. The Hall–Kier alpha value is -1.59. The quantitative estimate of drug-likeness (QED) is 0.793. The van der Waals surface area contributed by atoms with Crippen molar-refractivity contribution < 1.29 is 14.6 Å². The van der Waals surface area contributed by atoms with E-state index in [1.165, 1.54) is 5.56 Å². The lowest BCUT2D eigenvalue weighted by Crippen LogP contribution is -2.50. The molecule has 0 saturated carbocycles. The zero-order valence-corrected chi connectivity index (χ0v) is 15.2. The number of carbonyl (C=O) groups excluding carboxylic acids is 1. The number of aryl methyl sites for hydroxylation is 1. The number of carbonyl (C=O) groups is 1. The van der Waals surface area contributed by atoms with Crippen molar-refractivity contribution in [2.75, 3.05) is 19.8 Å². The number of amides is 2. The Balaban J connectivity index is 2.00. The summed E-state index contributed by atoms with van der Waals surface area (Å²) >= 11 is 0. The lowest BCUT2D eigenvalue weighted by molar-refractivity contribution is -0.0601. The number of rotatable bonds is 4. The van der Waals surface area contributed by atoms with Crippen molar-refractivity contribution in [2.24, 2.45) is 5.41 Å². The highest BCUT2D eigenvalue weighted by Gasteiger charge is 2.32. The van der Waals surface area contributed by atoms with E-state index in [0.717, 1.165) is 5.56 Å². The van der Waals surface area contributed by atoms with Gasteiger partial charge in [0.05, 0.1) is 11.6 Å². The average Bonchev–Trinajstić information content (AvgIpc) is 2.50. The van der Waals surface area contributed by atoms with Crippen LogP contribution in [0.25, 0.3) is 0 Å². The third-order valence-electron chi connectivity index (χ3n) is 4.52. The maximum absolute atomic E-state index is 12.4.